The van der Waals surface area contributed by atoms with Crippen LogP contribution in [0.1, 0.15) is 52.2 Å². The van der Waals surface area contributed by atoms with Crippen molar-refractivity contribution in [1.82, 2.24) is 10.2 Å². The molecular formula is C26H37N3O4S. The van der Waals surface area contributed by atoms with Crippen molar-refractivity contribution in [3.8, 4) is 0 Å². The van der Waals surface area contributed by atoms with Gasteiger partial charge in [0.1, 0.15) is 12.6 Å². The topological polar surface area (TPSA) is 86.8 Å². The second kappa shape index (κ2) is 11.5. The van der Waals surface area contributed by atoms with Gasteiger partial charge in [0, 0.05) is 12.1 Å². The smallest absolute Gasteiger partial charge is 0.244 e. The fourth-order valence-corrected chi connectivity index (χ4v) is 4.51. The van der Waals surface area contributed by atoms with Crippen LogP contribution in [-0.2, 0) is 32.6 Å². The number of aryl methyl sites for hydroxylation is 1. The Morgan fingerprint density at radius 1 is 0.941 bits per heavy atom. The summed E-state index contributed by atoms with van der Waals surface area (Å²) in [7, 11) is -3.74. The number of benzene rings is 2. The van der Waals surface area contributed by atoms with Gasteiger partial charge in [0.05, 0.1) is 11.9 Å². The van der Waals surface area contributed by atoms with Crippen LogP contribution in [0.3, 0.4) is 0 Å². The summed E-state index contributed by atoms with van der Waals surface area (Å²) in [5.74, 6) is -0.706. The molecule has 0 fully saturated rings. The van der Waals surface area contributed by atoms with Gasteiger partial charge in [-0.05, 0) is 56.9 Å². The molecule has 186 valence electrons. The monoisotopic (exact) mass is 487 g/mol. The summed E-state index contributed by atoms with van der Waals surface area (Å²) in [6.07, 6.45) is 2.30. The highest BCUT2D eigenvalue weighted by Crippen LogP contribution is 2.21. The van der Waals surface area contributed by atoms with Crippen LogP contribution in [-0.4, -0.2) is 49.5 Å². The molecule has 0 aromatic heterocycles. The van der Waals surface area contributed by atoms with Crippen molar-refractivity contribution < 1.29 is 18.0 Å². The van der Waals surface area contributed by atoms with E-state index in [4.69, 9.17) is 0 Å². The van der Waals surface area contributed by atoms with Crippen molar-refractivity contribution in [3.05, 3.63) is 65.7 Å². The molecule has 2 rings (SSSR count). The Labute approximate surface area is 204 Å². The van der Waals surface area contributed by atoms with Gasteiger partial charge in [-0.25, -0.2) is 8.42 Å². The first-order valence-electron chi connectivity index (χ1n) is 11.6. The molecule has 2 aromatic rings. The molecule has 7 nitrogen and oxygen atoms in total. The SMILES string of the molecule is CCc1ccc(N(CC(=O)N(Cc2ccccc2)[C@H](CC)C(=O)NC(C)(C)C)S(C)(=O)=O)cc1. The number of sulfonamides is 1. The Balaban J connectivity index is 2.42. The van der Waals surface area contributed by atoms with Crippen LogP contribution in [0.5, 0.6) is 0 Å². The minimum Gasteiger partial charge on any atom is -0.350 e. The molecule has 8 heteroatoms. The zero-order valence-electron chi connectivity index (χ0n) is 21.0. The normalized spacial score (nSPS) is 12.6. The maximum absolute atomic E-state index is 13.6. The van der Waals surface area contributed by atoms with E-state index in [9.17, 15) is 18.0 Å². The Morgan fingerprint density at radius 2 is 1.53 bits per heavy atom. The number of nitrogens with zero attached hydrogens (tertiary/aromatic N) is 2. The lowest BCUT2D eigenvalue weighted by molar-refractivity contribution is -0.141. The number of anilines is 1. The van der Waals surface area contributed by atoms with Gasteiger partial charge >= 0.3 is 0 Å². The lowest BCUT2D eigenvalue weighted by Crippen LogP contribution is -2.55. The highest BCUT2D eigenvalue weighted by molar-refractivity contribution is 7.92. The summed E-state index contributed by atoms with van der Waals surface area (Å²) in [4.78, 5) is 28.2. The van der Waals surface area contributed by atoms with Gasteiger partial charge in [-0.15, -0.1) is 0 Å². The molecule has 0 spiro atoms. The molecule has 1 atom stereocenters. The van der Waals surface area contributed by atoms with Crippen LogP contribution in [0.2, 0.25) is 0 Å². The lowest BCUT2D eigenvalue weighted by Gasteiger charge is -2.34. The van der Waals surface area contributed by atoms with E-state index in [1.165, 1.54) is 4.90 Å². The summed E-state index contributed by atoms with van der Waals surface area (Å²) in [6, 6.07) is 15.8. The van der Waals surface area contributed by atoms with Gasteiger partial charge in [0.2, 0.25) is 21.8 Å². The maximum Gasteiger partial charge on any atom is 0.244 e. The summed E-state index contributed by atoms with van der Waals surface area (Å²) in [5, 5.41) is 2.95. The molecule has 0 unspecified atom stereocenters. The molecule has 2 amide bonds. The summed E-state index contributed by atoms with van der Waals surface area (Å²) >= 11 is 0. The number of carbonyl (C=O) groups is 2. The quantitative estimate of drug-likeness (QED) is 0.553. The average molecular weight is 488 g/mol. The van der Waals surface area contributed by atoms with E-state index in [1.54, 1.807) is 12.1 Å². The van der Waals surface area contributed by atoms with Crippen LogP contribution in [0.4, 0.5) is 5.69 Å². The largest absolute Gasteiger partial charge is 0.350 e. The van der Waals surface area contributed by atoms with E-state index < -0.39 is 34.1 Å². The number of amides is 2. The van der Waals surface area contributed by atoms with Crippen molar-refractivity contribution in [2.75, 3.05) is 17.1 Å². The van der Waals surface area contributed by atoms with Crippen LogP contribution < -0.4 is 9.62 Å². The Bertz CT molecular complexity index is 1060. The van der Waals surface area contributed by atoms with Gasteiger partial charge in [-0.2, -0.15) is 0 Å². The Hall–Kier alpha value is -2.87. The third kappa shape index (κ3) is 7.87. The molecule has 0 heterocycles. The number of hydrogen-bond acceptors (Lipinski definition) is 4. The van der Waals surface area contributed by atoms with E-state index in [-0.39, 0.29) is 12.5 Å². The molecule has 0 aliphatic heterocycles. The first-order chi connectivity index (χ1) is 15.9. The second-order valence-corrected chi connectivity index (χ2v) is 11.4. The number of carbonyl (C=O) groups excluding carboxylic acids is 2. The third-order valence-corrected chi connectivity index (χ3v) is 6.53. The molecule has 34 heavy (non-hydrogen) atoms. The summed E-state index contributed by atoms with van der Waals surface area (Å²) in [6.45, 7) is 9.31. The van der Waals surface area contributed by atoms with E-state index in [2.05, 4.69) is 5.32 Å². The highest BCUT2D eigenvalue weighted by Gasteiger charge is 2.33. The van der Waals surface area contributed by atoms with E-state index in [1.807, 2.05) is 77.1 Å². The zero-order valence-corrected chi connectivity index (χ0v) is 21.9. The summed E-state index contributed by atoms with van der Waals surface area (Å²) in [5.41, 5.74) is 1.88. The van der Waals surface area contributed by atoms with Crippen molar-refractivity contribution >= 4 is 27.5 Å². The molecule has 0 bridgehead atoms. The van der Waals surface area contributed by atoms with Crippen LogP contribution in [0.15, 0.2) is 54.6 Å². The van der Waals surface area contributed by atoms with Gasteiger partial charge in [-0.3, -0.25) is 13.9 Å². The van der Waals surface area contributed by atoms with Gasteiger partial charge < -0.3 is 10.2 Å². The van der Waals surface area contributed by atoms with E-state index >= 15 is 0 Å². The van der Waals surface area contributed by atoms with E-state index in [0.717, 1.165) is 28.1 Å². The Kier molecular flexibility index (Phi) is 9.27. The molecule has 0 saturated carbocycles. The average Bonchev–Trinajstić information content (AvgIpc) is 2.76. The first-order valence-corrected chi connectivity index (χ1v) is 13.4. The van der Waals surface area contributed by atoms with Crippen LogP contribution >= 0.6 is 0 Å². The fraction of sp³-hybridized carbons (Fsp3) is 0.462. The Morgan fingerprint density at radius 3 is 2.00 bits per heavy atom. The fourth-order valence-electron chi connectivity index (χ4n) is 3.66. The predicted molar refractivity (Wildman–Crippen MR) is 137 cm³/mol. The number of hydrogen-bond donors (Lipinski definition) is 1. The van der Waals surface area contributed by atoms with Gasteiger partial charge in [-0.1, -0.05) is 56.3 Å². The van der Waals surface area contributed by atoms with E-state index in [0.29, 0.717) is 12.1 Å². The third-order valence-electron chi connectivity index (χ3n) is 5.39. The van der Waals surface area contributed by atoms with Crippen LogP contribution in [0, 0.1) is 0 Å². The van der Waals surface area contributed by atoms with Crippen molar-refractivity contribution in [2.45, 2.75) is 65.6 Å². The number of rotatable bonds is 10. The molecule has 0 aliphatic carbocycles. The van der Waals surface area contributed by atoms with Gasteiger partial charge in [0.15, 0.2) is 0 Å². The predicted octanol–water partition coefficient (Wildman–Crippen LogP) is 3.74. The second-order valence-electron chi connectivity index (χ2n) is 9.46. The van der Waals surface area contributed by atoms with Crippen molar-refractivity contribution in [1.29, 1.82) is 0 Å². The minimum absolute atomic E-state index is 0.197. The maximum atomic E-state index is 13.6. The van der Waals surface area contributed by atoms with Crippen molar-refractivity contribution in [3.63, 3.8) is 0 Å². The van der Waals surface area contributed by atoms with Crippen LogP contribution in [0.25, 0.3) is 0 Å². The highest BCUT2D eigenvalue weighted by atomic mass is 32.2. The number of nitrogens with one attached hydrogen (secondary N) is 1. The zero-order chi connectivity index (χ0) is 25.5. The summed E-state index contributed by atoms with van der Waals surface area (Å²) < 4.78 is 26.4. The lowest BCUT2D eigenvalue weighted by atomic mass is 10.1. The molecule has 2 aromatic carbocycles. The first kappa shape index (κ1) is 27.4. The molecule has 0 saturated heterocycles. The molecular weight excluding hydrogens is 450 g/mol. The standard InChI is InChI=1S/C26H37N3O4S/c1-7-20-14-16-22(17-15-20)29(34(6,32)33)19-24(30)28(18-21-12-10-9-11-13-21)23(8-2)25(31)27-26(3,4)5/h9-17,23H,7-8,18-19H2,1-6H3,(H,27,31)/t23-/m1/s1. The molecule has 1 N–H and O–H groups in total. The van der Waals surface area contributed by atoms with Gasteiger partial charge in [0.25, 0.3) is 0 Å². The molecule has 0 aliphatic rings. The molecule has 0 radical (unpaired) electrons. The minimum atomic E-state index is -3.74. The van der Waals surface area contributed by atoms with Crippen molar-refractivity contribution in [2.24, 2.45) is 0 Å².